The van der Waals surface area contributed by atoms with Crippen molar-refractivity contribution in [2.24, 2.45) is 5.92 Å². The molecule has 1 aliphatic carbocycles. The van der Waals surface area contributed by atoms with Crippen molar-refractivity contribution in [3.63, 3.8) is 0 Å². The van der Waals surface area contributed by atoms with E-state index in [-0.39, 0.29) is 12.4 Å². The van der Waals surface area contributed by atoms with Crippen molar-refractivity contribution in [3.05, 3.63) is 0 Å². The van der Waals surface area contributed by atoms with Crippen LogP contribution in [-0.4, -0.2) is 44.9 Å². The van der Waals surface area contributed by atoms with Gasteiger partial charge in [0.25, 0.3) is 10.2 Å². The van der Waals surface area contributed by atoms with Gasteiger partial charge < -0.3 is 5.32 Å². The Morgan fingerprint density at radius 2 is 1.55 bits per heavy atom. The van der Waals surface area contributed by atoms with Crippen LogP contribution in [0.1, 0.15) is 58.3 Å². The van der Waals surface area contributed by atoms with Gasteiger partial charge in [-0.25, -0.2) is 4.72 Å². The van der Waals surface area contributed by atoms with Crippen LogP contribution >= 0.6 is 12.4 Å². The minimum absolute atomic E-state index is 0. The number of hydrogen-bond donors (Lipinski definition) is 2. The molecule has 0 atom stereocenters. The Morgan fingerprint density at radius 3 is 2.14 bits per heavy atom. The normalized spacial score (nSPS) is 23.0. The van der Waals surface area contributed by atoms with E-state index < -0.39 is 10.2 Å². The van der Waals surface area contributed by atoms with Crippen LogP contribution in [0.3, 0.4) is 0 Å². The molecule has 22 heavy (non-hydrogen) atoms. The average molecular weight is 354 g/mol. The van der Waals surface area contributed by atoms with Gasteiger partial charge in [-0.05, 0) is 31.6 Å². The van der Waals surface area contributed by atoms with E-state index >= 15 is 0 Å². The van der Waals surface area contributed by atoms with Gasteiger partial charge in [0.2, 0.25) is 0 Å². The number of halogens is 1. The Labute approximate surface area is 142 Å². The summed E-state index contributed by atoms with van der Waals surface area (Å²) in [5, 5.41) is 3.50. The zero-order chi connectivity index (χ0) is 15.1. The number of hydrogen-bond acceptors (Lipinski definition) is 3. The van der Waals surface area contributed by atoms with Crippen LogP contribution in [0.25, 0.3) is 0 Å². The van der Waals surface area contributed by atoms with E-state index in [0.29, 0.717) is 31.6 Å². The molecule has 0 aromatic rings. The molecule has 5 nitrogen and oxygen atoms in total. The Morgan fingerprint density at radius 1 is 0.955 bits per heavy atom. The zero-order valence-electron chi connectivity index (χ0n) is 13.7. The van der Waals surface area contributed by atoms with E-state index in [2.05, 4.69) is 17.0 Å². The Kier molecular flexibility index (Phi) is 9.24. The lowest BCUT2D eigenvalue weighted by Crippen LogP contribution is -2.46. The second-order valence-corrected chi connectivity index (χ2v) is 8.38. The summed E-state index contributed by atoms with van der Waals surface area (Å²) in [5.41, 5.74) is 0. The number of nitrogens with one attached hydrogen (secondary N) is 2. The molecule has 1 heterocycles. The van der Waals surface area contributed by atoms with Crippen molar-refractivity contribution in [2.45, 2.75) is 64.3 Å². The van der Waals surface area contributed by atoms with Crippen molar-refractivity contribution < 1.29 is 8.42 Å². The highest BCUT2D eigenvalue weighted by Gasteiger charge is 2.25. The second kappa shape index (κ2) is 10.1. The molecule has 2 N–H and O–H groups in total. The maximum atomic E-state index is 12.2. The lowest BCUT2D eigenvalue weighted by atomic mass is 10.0. The molecule has 0 radical (unpaired) electrons. The highest BCUT2D eigenvalue weighted by Crippen LogP contribution is 2.18. The van der Waals surface area contributed by atoms with Crippen LogP contribution in [0.4, 0.5) is 0 Å². The lowest BCUT2D eigenvalue weighted by molar-refractivity contribution is 0.285. The fraction of sp³-hybridized carbons (Fsp3) is 1.00. The van der Waals surface area contributed by atoms with Gasteiger partial charge in [-0.15, -0.1) is 12.4 Å². The molecule has 1 saturated heterocycles. The first kappa shape index (κ1) is 20.2. The quantitative estimate of drug-likeness (QED) is 0.569. The SMILES string of the molecule is CC1CCN(S(=O)(=O)NCCNC2CCCCCC2)CC1.Cl. The minimum atomic E-state index is -3.27. The summed E-state index contributed by atoms with van der Waals surface area (Å²) in [6.07, 6.45) is 9.71. The second-order valence-electron chi connectivity index (χ2n) is 6.62. The molecular weight excluding hydrogens is 322 g/mol. The first-order valence-electron chi connectivity index (χ1n) is 8.56. The minimum Gasteiger partial charge on any atom is -0.313 e. The topological polar surface area (TPSA) is 61.4 Å². The maximum absolute atomic E-state index is 12.2. The van der Waals surface area contributed by atoms with Gasteiger partial charge in [0, 0.05) is 32.2 Å². The third kappa shape index (κ3) is 6.71. The molecule has 2 fully saturated rings. The van der Waals surface area contributed by atoms with E-state index in [4.69, 9.17) is 0 Å². The molecule has 7 heteroatoms. The van der Waals surface area contributed by atoms with Crippen LogP contribution in [0, 0.1) is 5.92 Å². The van der Waals surface area contributed by atoms with Gasteiger partial charge in [0.15, 0.2) is 0 Å². The molecule has 2 rings (SSSR count). The molecule has 2 aliphatic rings. The zero-order valence-corrected chi connectivity index (χ0v) is 15.4. The summed E-state index contributed by atoms with van der Waals surface area (Å²) in [5.74, 6) is 0.647. The Balaban J connectivity index is 0.00000242. The summed E-state index contributed by atoms with van der Waals surface area (Å²) in [6.45, 7) is 4.73. The fourth-order valence-electron chi connectivity index (χ4n) is 3.26. The number of rotatable bonds is 6. The molecule has 0 unspecified atom stereocenters. The monoisotopic (exact) mass is 353 g/mol. The Hall–Kier alpha value is 0.120. The van der Waals surface area contributed by atoms with Gasteiger partial charge in [-0.3, -0.25) is 0 Å². The first-order chi connectivity index (χ1) is 10.1. The molecule has 0 bridgehead atoms. The third-order valence-corrected chi connectivity index (χ3v) is 6.39. The summed E-state index contributed by atoms with van der Waals surface area (Å²) in [4.78, 5) is 0. The molecule has 1 saturated carbocycles. The van der Waals surface area contributed by atoms with Gasteiger partial charge in [0.05, 0.1) is 0 Å². The summed E-state index contributed by atoms with van der Waals surface area (Å²) in [7, 11) is -3.27. The summed E-state index contributed by atoms with van der Waals surface area (Å²) in [6, 6.07) is 0.577. The molecule has 0 aromatic heterocycles. The van der Waals surface area contributed by atoms with Gasteiger partial charge in [-0.1, -0.05) is 32.6 Å². The predicted octanol–water partition coefficient (Wildman–Crippen LogP) is 2.29. The fourth-order valence-corrected chi connectivity index (χ4v) is 4.49. The van der Waals surface area contributed by atoms with Gasteiger partial charge in [-0.2, -0.15) is 12.7 Å². The highest BCUT2D eigenvalue weighted by atomic mass is 35.5. The van der Waals surface area contributed by atoms with Crippen LogP contribution < -0.4 is 10.0 Å². The molecule has 0 spiro atoms. The van der Waals surface area contributed by atoms with E-state index in [1.807, 2.05) is 0 Å². The van der Waals surface area contributed by atoms with E-state index in [9.17, 15) is 8.42 Å². The van der Waals surface area contributed by atoms with E-state index in [1.54, 1.807) is 4.31 Å². The lowest BCUT2D eigenvalue weighted by Gasteiger charge is -2.29. The van der Waals surface area contributed by atoms with Crippen molar-refractivity contribution in [3.8, 4) is 0 Å². The number of piperidine rings is 1. The summed E-state index contributed by atoms with van der Waals surface area (Å²) >= 11 is 0. The average Bonchev–Trinajstić information content (AvgIpc) is 2.73. The van der Waals surface area contributed by atoms with Crippen molar-refractivity contribution in [1.29, 1.82) is 0 Å². The van der Waals surface area contributed by atoms with Crippen LogP contribution in [0.5, 0.6) is 0 Å². The number of nitrogens with zero attached hydrogens (tertiary/aromatic N) is 1. The van der Waals surface area contributed by atoms with Gasteiger partial charge in [0.1, 0.15) is 0 Å². The van der Waals surface area contributed by atoms with Crippen molar-refractivity contribution in [1.82, 2.24) is 14.3 Å². The van der Waals surface area contributed by atoms with Crippen molar-refractivity contribution in [2.75, 3.05) is 26.2 Å². The molecule has 0 aromatic carbocycles. The molecule has 1 aliphatic heterocycles. The molecular formula is C15H32ClN3O2S. The van der Waals surface area contributed by atoms with E-state index in [1.165, 1.54) is 38.5 Å². The van der Waals surface area contributed by atoms with Crippen LogP contribution in [0.2, 0.25) is 0 Å². The third-order valence-electron chi connectivity index (χ3n) is 4.78. The van der Waals surface area contributed by atoms with Crippen molar-refractivity contribution >= 4 is 22.6 Å². The first-order valence-corrected chi connectivity index (χ1v) is 10.00. The maximum Gasteiger partial charge on any atom is 0.279 e. The summed E-state index contributed by atoms with van der Waals surface area (Å²) < 4.78 is 28.7. The smallest absolute Gasteiger partial charge is 0.279 e. The standard InChI is InChI=1S/C15H31N3O2S.ClH/c1-14-8-12-18(13-9-14)21(19,20)17-11-10-16-15-6-4-2-3-5-7-15;/h14-17H,2-13H2,1H3;1H. The highest BCUT2D eigenvalue weighted by molar-refractivity contribution is 7.87. The van der Waals surface area contributed by atoms with Crippen LogP contribution in [0.15, 0.2) is 0 Å². The largest absolute Gasteiger partial charge is 0.313 e. The van der Waals surface area contributed by atoms with E-state index in [0.717, 1.165) is 19.4 Å². The van der Waals surface area contributed by atoms with Crippen LogP contribution in [-0.2, 0) is 10.2 Å². The van der Waals surface area contributed by atoms with Gasteiger partial charge >= 0.3 is 0 Å². The molecule has 132 valence electrons. The predicted molar refractivity (Wildman–Crippen MR) is 93.6 cm³/mol. The Bertz CT molecular complexity index is 390. The molecule has 0 amide bonds.